The normalized spacial score (nSPS) is 15.9. The highest BCUT2D eigenvalue weighted by Gasteiger charge is 2.17. The first-order chi connectivity index (χ1) is 10.3. The highest BCUT2D eigenvalue weighted by Crippen LogP contribution is 2.28. The molecule has 0 aliphatic heterocycles. The van der Waals surface area contributed by atoms with Crippen LogP contribution in [0.1, 0.15) is 56.3 Å². The molecule has 1 fully saturated rings. The van der Waals surface area contributed by atoms with Crippen molar-refractivity contribution in [3.05, 3.63) is 35.9 Å². The summed E-state index contributed by atoms with van der Waals surface area (Å²) < 4.78 is 4.12. The second-order valence-electron chi connectivity index (χ2n) is 5.95. The van der Waals surface area contributed by atoms with Crippen molar-refractivity contribution >= 4 is 0 Å². The Morgan fingerprint density at radius 1 is 1.33 bits per heavy atom. The van der Waals surface area contributed by atoms with Crippen LogP contribution < -0.4 is 5.32 Å². The Kier molecular flexibility index (Phi) is 4.70. The third kappa shape index (κ3) is 3.73. The molecule has 0 bridgehead atoms. The summed E-state index contributed by atoms with van der Waals surface area (Å²) in [5, 5.41) is 12.5. The van der Waals surface area contributed by atoms with Gasteiger partial charge in [-0.2, -0.15) is 10.2 Å². The van der Waals surface area contributed by atoms with Gasteiger partial charge < -0.3 is 5.32 Å². The highest BCUT2D eigenvalue weighted by molar-refractivity contribution is 5.06. The van der Waals surface area contributed by atoms with Crippen LogP contribution in [-0.4, -0.2) is 26.1 Å². The summed E-state index contributed by atoms with van der Waals surface area (Å²) in [6.45, 7) is 4.88. The molecule has 1 N–H and O–H groups in total. The summed E-state index contributed by atoms with van der Waals surface area (Å²) in [5.41, 5.74) is 2.33. The molecule has 2 heterocycles. The van der Waals surface area contributed by atoms with E-state index < -0.39 is 0 Å². The minimum atomic E-state index is 0.616. The van der Waals surface area contributed by atoms with Crippen LogP contribution in [0, 0.1) is 0 Å². The van der Waals surface area contributed by atoms with Crippen LogP contribution >= 0.6 is 0 Å². The van der Waals surface area contributed by atoms with E-state index in [0.717, 1.165) is 31.7 Å². The molecule has 0 aromatic carbocycles. The lowest BCUT2D eigenvalue weighted by Gasteiger charge is -2.08. The topological polar surface area (TPSA) is 47.7 Å². The lowest BCUT2D eigenvalue weighted by Crippen LogP contribution is -2.13. The summed E-state index contributed by atoms with van der Waals surface area (Å²) in [6.07, 6.45) is 12.6. The summed E-state index contributed by atoms with van der Waals surface area (Å²) in [5.74, 6) is 0. The van der Waals surface area contributed by atoms with Gasteiger partial charge in [0.25, 0.3) is 0 Å². The highest BCUT2D eigenvalue weighted by atomic mass is 15.3. The molecule has 0 saturated heterocycles. The van der Waals surface area contributed by atoms with E-state index in [9.17, 15) is 0 Å². The van der Waals surface area contributed by atoms with E-state index in [-0.39, 0.29) is 0 Å². The maximum Gasteiger partial charge on any atom is 0.0849 e. The first kappa shape index (κ1) is 14.3. The third-order valence-corrected chi connectivity index (χ3v) is 4.13. The second kappa shape index (κ2) is 6.89. The Morgan fingerprint density at radius 2 is 2.19 bits per heavy atom. The first-order valence-corrected chi connectivity index (χ1v) is 8.11. The number of hydrogen-bond acceptors (Lipinski definition) is 3. The van der Waals surface area contributed by atoms with Gasteiger partial charge in [-0.1, -0.05) is 19.8 Å². The lowest BCUT2D eigenvalue weighted by atomic mass is 10.3. The fraction of sp³-hybridized carbons (Fsp3) is 0.625. The maximum absolute atomic E-state index is 4.71. The molecule has 2 aromatic rings. The van der Waals surface area contributed by atoms with Gasteiger partial charge >= 0.3 is 0 Å². The van der Waals surface area contributed by atoms with Gasteiger partial charge in [0.15, 0.2) is 0 Å². The molecule has 1 saturated carbocycles. The van der Waals surface area contributed by atoms with Crippen molar-refractivity contribution < 1.29 is 0 Å². The average Bonchev–Trinajstić information content (AvgIpc) is 3.20. The van der Waals surface area contributed by atoms with Crippen molar-refractivity contribution in [1.29, 1.82) is 0 Å². The predicted molar refractivity (Wildman–Crippen MR) is 83.1 cm³/mol. The van der Waals surface area contributed by atoms with Gasteiger partial charge in [-0.3, -0.25) is 9.36 Å². The van der Waals surface area contributed by atoms with Crippen LogP contribution in [0.3, 0.4) is 0 Å². The van der Waals surface area contributed by atoms with Crippen LogP contribution in [0.4, 0.5) is 0 Å². The maximum atomic E-state index is 4.71. The molecule has 5 heteroatoms. The third-order valence-electron chi connectivity index (χ3n) is 4.13. The Labute approximate surface area is 126 Å². The predicted octanol–water partition coefficient (Wildman–Crippen LogP) is 2.74. The average molecular weight is 287 g/mol. The summed E-state index contributed by atoms with van der Waals surface area (Å²) in [7, 11) is 0. The minimum Gasteiger partial charge on any atom is -0.313 e. The number of nitrogens with one attached hydrogen (secondary N) is 1. The smallest absolute Gasteiger partial charge is 0.0849 e. The van der Waals surface area contributed by atoms with E-state index in [0.29, 0.717) is 6.04 Å². The fourth-order valence-electron chi connectivity index (χ4n) is 2.99. The van der Waals surface area contributed by atoms with E-state index in [1.807, 2.05) is 10.9 Å². The molecular formula is C16H25N5. The number of hydrogen-bond donors (Lipinski definition) is 1. The number of nitrogens with zero attached hydrogens (tertiary/aromatic N) is 4. The van der Waals surface area contributed by atoms with Crippen molar-refractivity contribution in [1.82, 2.24) is 24.9 Å². The van der Waals surface area contributed by atoms with Gasteiger partial charge in [0.2, 0.25) is 0 Å². The molecule has 0 unspecified atom stereocenters. The van der Waals surface area contributed by atoms with Crippen molar-refractivity contribution in [2.75, 3.05) is 6.54 Å². The SMILES string of the molecule is CCCNCc1cnn(Cc2ccn(C3CCCC3)n2)c1. The van der Waals surface area contributed by atoms with Crippen molar-refractivity contribution in [2.24, 2.45) is 0 Å². The van der Waals surface area contributed by atoms with E-state index in [4.69, 9.17) is 5.10 Å². The molecule has 1 aliphatic rings. The van der Waals surface area contributed by atoms with Gasteiger partial charge in [0.05, 0.1) is 24.5 Å². The summed E-state index contributed by atoms with van der Waals surface area (Å²) in [6, 6.07) is 2.74. The van der Waals surface area contributed by atoms with E-state index in [2.05, 4.69) is 40.5 Å². The van der Waals surface area contributed by atoms with Gasteiger partial charge in [-0.15, -0.1) is 0 Å². The molecule has 114 valence electrons. The zero-order chi connectivity index (χ0) is 14.5. The van der Waals surface area contributed by atoms with Crippen LogP contribution in [-0.2, 0) is 13.1 Å². The minimum absolute atomic E-state index is 0.616. The molecule has 21 heavy (non-hydrogen) atoms. The second-order valence-corrected chi connectivity index (χ2v) is 5.95. The molecule has 2 aromatic heterocycles. The molecule has 5 nitrogen and oxygen atoms in total. The largest absolute Gasteiger partial charge is 0.313 e. The standard InChI is InChI=1S/C16H25N5/c1-2-8-17-10-14-11-18-20(12-14)13-15-7-9-21(19-15)16-5-3-4-6-16/h7,9,11-12,16-17H,2-6,8,10,13H2,1H3. The van der Waals surface area contributed by atoms with Gasteiger partial charge in [0.1, 0.15) is 0 Å². The monoisotopic (exact) mass is 287 g/mol. The van der Waals surface area contributed by atoms with Gasteiger partial charge in [-0.05, 0) is 31.9 Å². The lowest BCUT2D eigenvalue weighted by molar-refractivity contribution is 0.460. The number of rotatable bonds is 7. The molecule has 0 spiro atoms. The van der Waals surface area contributed by atoms with Gasteiger partial charge in [0, 0.05) is 24.5 Å². The zero-order valence-electron chi connectivity index (χ0n) is 12.8. The quantitative estimate of drug-likeness (QED) is 0.797. The van der Waals surface area contributed by atoms with Crippen molar-refractivity contribution in [2.45, 2.75) is 58.2 Å². The number of aromatic nitrogens is 4. The van der Waals surface area contributed by atoms with Crippen LogP contribution in [0.15, 0.2) is 24.7 Å². The van der Waals surface area contributed by atoms with Crippen LogP contribution in [0.5, 0.6) is 0 Å². The van der Waals surface area contributed by atoms with E-state index >= 15 is 0 Å². The van der Waals surface area contributed by atoms with Crippen LogP contribution in [0.2, 0.25) is 0 Å². The van der Waals surface area contributed by atoms with E-state index in [1.165, 1.54) is 31.2 Å². The molecule has 0 atom stereocenters. The van der Waals surface area contributed by atoms with Crippen LogP contribution in [0.25, 0.3) is 0 Å². The fourth-order valence-corrected chi connectivity index (χ4v) is 2.99. The Hall–Kier alpha value is -1.62. The zero-order valence-corrected chi connectivity index (χ0v) is 12.8. The molecule has 3 rings (SSSR count). The van der Waals surface area contributed by atoms with Crippen molar-refractivity contribution in [3.8, 4) is 0 Å². The Balaban J connectivity index is 1.56. The molecule has 0 amide bonds. The van der Waals surface area contributed by atoms with E-state index in [1.54, 1.807) is 0 Å². The Morgan fingerprint density at radius 3 is 3.00 bits per heavy atom. The molecular weight excluding hydrogens is 262 g/mol. The van der Waals surface area contributed by atoms with Crippen molar-refractivity contribution in [3.63, 3.8) is 0 Å². The Bertz CT molecular complexity index is 551. The van der Waals surface area contributed by atoms with Gasteiger partial charge in [-0.25, -0.2) is 0 Å². The molecule has 0 radical (unpaired) electrons. The summed E-state index contributed by atoms with van der Waals surface area (Å²) in [4.78, 5) is 0. The molecule has 1 aliphatic carbocycles. The first-order valence-electron chi connectivity index (χ1n) is 8.11. The summed E-state index contributed by atoms with van der Waals surface area (Å²) >= 11 is 0.